The van der Waals surface area contributed by atoms with Gasteiger partial charge in [0.15, 0.2) is 5.65 Å². The molecular weight excluding hydrogens is 475 g/mol. The van der Waals surface area contributed by atoms with Gasteiger partial charge >= 0.3 is 0 Å². The van der Waals surface area contributed by atoms with E-state index in [-0.39, 0.29) is 24.1 Å². The summed E-state index contributed by atoms with van der Waals surface area (Å²) >= 11 is 0. The van der Waals surface area contributed by atoms with Crippen molar-refractivity contribution in [1.29, 1.82) is 0 Å². The van der Waals surface area contributed by atoms with Crippen molar-refractivity contribution in [2.45, 2.75) is 0 Å². The largest absolute Gasteiger partial charge is 0.395 e. The number of piperazine rings is 1. The van der Waals surface area contributed by atoms with Crippen molar-refractivity contribution < 1.29 is 14.3 Å². The second kappa shape index (κ2) is 10.7. The maximum Gasteiger partial charge on any atom is 0.247 e. The number of benzene rings is 2. The van der Waals surface area contributed by atoms with E-state index < -0.39 is 5.82 Å². The summed E-state index contributed by atoms with van der Waals surface area (Å²) in [5, 5.41) is 19.9. The van der Waals surface area contributed by atoms with E-state index in [1.807, 2.05) is 12.1 Å². The minimum Gasteiger partial charge on any atom is -0.395 e. The van der Waals surface area contributed by atoms with Crippen molar-refractivity contribution in [1.82, 2.24) is 24.6 Å². The van der Waals surface area contributed by atoms with Crippen molar-refractivity contribution in [2.24, 2.45) is 0 Å². The van der Waals surface area contributed by atoms with Gasteiger partial charge in [-0.05, 0) is 42.5 Å². The van der Waals surface area contributed by atoms with Crippen LogP contribution in [0.3, 0.4) is 0 Å². The van der Waals surface area contributed by atoms with Crippen LogP contribution in [0.1, 0.15) is 0 Å². The molecule has 11 heteroatoms. The predicted molar refractivity (Wildman–Crippen MR) is 141 cm³/mol. The Hall–Kier alpha value is -4.35. The van der Waals surface area contributed by atoms with E-state index in [0.717, 1.165) is 31.9 Å². The highest BCUT2D eigenvalue weighted by molar-refractivity contribution is 5.99. The first-order valence-electron chi connectivity index (χ1n) is 11.9. The molecule has 1 aliphatic heterocycles. The maximum absolute atomic E-state index is 15.0. The molecule has 1 fully saturated rings. The molecule has 0 atom stereocenters. The average molecular weight is 503 g/mol. The van der Waals surface area contributed by atoms with Crippen LogP contribution in [0, 0.1) is 5.82 Å². The molecule has 4 aromatic rings. The first-order valence-corrected chi connectivity index (χ1v) is 11.9. The number of aliphatic hydroxyl groups is 1. The Morgan fingerprint density at radius 3 is 2.70 bits per heavy atom. The SMILES string of the molecule is C=CC(=O)Nc1cccc(-n2ncc3cnc(Nc4ccc(N5CCN(CCO)CC5)cc4F)nc32)c1. The number of hydrogen-bond donors (Lipinski definition) is 3. The van der Waals surface area contributed by atoms with E-state index in [1.54, 1.807) is 41.3 Å². The minimum absolute atomic E-state index is 0.143. The van der Waals surface area contributed by atoms with E-state index >= 15 is 4.39 Å². The lowest BCUT2D eigenvalue weighted by molar-refractivity contribution is -0.111. The van der Waals surface area contributed by atoms with Gasteiger partial charge < -0.3 is 20.6 Å². The van der Waals surface area contributed by atoms with Gasteiger partial charge in [-0.25, -0.2) is 14.1 Å². The zero-order chi connectivity index (χ0) is 25.8. The van der Waals surface area contributed by atoms with Gasteiger partial charge in [0, 0.05) is 50.3 Å². The third-order valence-electron chi connectivity index (χ3n) is 6.21. The van der Waals surface area contributed by atoms with Crippen molar-refractivity contribution in [3.63, 3.8) is 0 Å². The highest BCUT2D eigenvalue weighted by atomic mass is 19.1. The van der Waals surface area contributed by atoms with Crippen LogP contribution < -0.4 is 15.5 Å². The third kappa shape index (κ3) is 5.42. The summed E-state index contributed by atoms with van der Waals surface area (Å²) in [6, 6.07) is 12.2. The van der Waals surface area contributed by atoms with Crippen LogP contribution in [0.15, 0.2) is 67.5 Å². The molecule has 37 heavy (non-hydrogen) atoms. The van der Waals surface area contributed by atoms with Gasteiger partial charge in [0.05, 0.1) is 29.6 Å². The molecule has 0 saturated carbocycles. The molecule has 3 N–H and O–H groups in total. The van der Waals surface area contributed by atoms with Gasteiger partial charge in [0.2, 0.25) is 11.9 Å². The van der Waals surface area contributed by atoms with Crippen LogP contribution in [0.2, 0.25) is 0 Å². The van der Waals surface area contributed by atoms with E-state index in [9.17, 15) is 4.79 Å². The Balaban J connectivity index is 1.34. The van der Waals surface area contributed by atoms with E-state index in [0.29, 0.717) is 29.0 Å². The quantitative estimate of drug-likeness (QED) is 0.316. The second-order valence-electron chi connectivity index (χ2n) is 8.61. The summed E-state index contributed by atoms with van der Waals surface area (Å²) < 4.78 is 16.6. The van der Waals surface area contributed by atoms with Gasteiger partial charge in [-0.2, -0.15) is 10.1 Å². The standard InChI is InChI=1S/C26H27FN8O2/c1-2-24(37)30-19-4-3-5-21(14-19)35-25-18(17-29-35)16-28-26(32-25)31-23-7-6-20(15-22(23)27)34-10-8-33(9-11-34)12-13-36/h2-7,14-17,36H,1,8-13H2,(H,30,37)(H,28,31,32). The fourth-order valence-corrected chi connectivity index (χ4v) is 4.27. The Bertz CT molecular complexity index is 1430. The second-order valence-corrected chi connectivity index (χ2v) is 8.61. The van der Waals surface area contributed by atoms with Gasteiger partial charge in [-0.1, -0.05) is 12.6 Å². The lowest BCUT2D eigenvalue weighted by Gasteiger charge is -2.35. The van der Waals surface area contributed by atoms with Crippen LogP contribution in [-0.2, 0) is 4.79 Å². The van der Waals surface area contributed by atoms with E-state index in [4.69, 9.17) is 5.11 Å². The molecule has 10 nitrogen and oxygen atoms in total. The summed E-state index contributed by atoms with van der Waals surface area (Å²) in [5.41, 5.74) is 2.89. The number of anilines is 4. The highest BCUT2D eigenvalue weighted by Crippen LogP contribution is 2.26. The van der Waals surface area contributed by atoms with Crippen molar-refractivity contribution >= 4 is 40.0 Å². The van der Waals surface area contributed by atoms with Gasteiger partial charge in [-0.3, -0.25) is 9.69 Å². The molecule has 1 saturated heterocycles. The number of carbonyl (C=O) groups excluding carboxylic acids is 1. The van der Waals surface area contributed by atoms with Crippen LogP contribution in [0.25, 0.3) is 16.7 Å². The number of aliphatic hydroxyl groups excluding tert-OH is 1. The maximum atomic E-state index is 15.0. The lowest BCUT2D eigenvalue weighted by Crippen LogP contribution is -2.47. The van der Waals surface area contributed by atoms with Gasteiger partial charge in [0.25, 0.3) is 0 Å². The normalized spacial score (nSPS) is 14.1. The lowest BCUT2D eigenvalue weighted by atomic mass is 10.2. The molecule has 5 rings (SSSR count). The average Bonchev–Trinajstić information content (AvgIpc) is 3.34. The fourth-order valence-electron chi connectivity index (χ4n) is 4.27. The minimum atomic E-state index is -0.404. The molecule has 3 heterocycles. The molecule has 0 unspecified atom stereocenters. The molecule has 0 bridgehead atoms. The van der Waals surface area contributed by atoms with Crippen LogP contribution >= 0.6 is 0 Å². The molecule has 2 aromatic carbocycles. The van der Waals surface area contributed by atoms with Crippen LogP contribution in [0.4, 0.5) is 27.4 Å². The number of nitrogens with one attached hydrogen (secondary N) is 2. The monoisotopic (exact) mass is 502 g/mol. The van der Waals surface area contributed by atoms with E-state index in [2.05, 4.69) is 42.1 Å². The number of halogens is 1. The number of fused-ring (bicyclic) bond motifs is 1. The molecular formula is C26H27FN8O2. The Morgan fingerprint density at radius 1 is 1.11 bits per heavy atom. The molecule has 1 amide bonds. The zero-order valence-electron chi connectivity index (χ0n) is 20.1. The summed E-state index contributed by atoms with van der Waals surface area (Å²) in [4.78, 5) is 24.9. The summed E-state index contributed by atoms with van der Waals surface area (Å²) in [6.07, 6.45) is 4.46. The Morgan fingerprint density at radius 2 is 1.95 bits per heavy atom. The van der Waals surface area contributed by atoms with Crippen molar-refractivity contribution in [3.05, 3.63) is 73.3 Å². The molecule has 0 radical (unpaired) electrons. The van der Waals surface area contributed by atoms with Gasteiger partial charge in [0.1, 0.15) is 5.82 Å². The molecule has 0 spiro atoms. The first kappa shape index (κ1) is 24.3. The fraction of sp³-hybridized carbons (Fsp3) is 0.231. The number of nitrogens with zero attached hydrogens (tertiary/aromatic N) is 6. The van der Waals surface area contributed by atoms with Crippen molar-refractivity contribution in [2.75, 3.05) is 54.9 Å². The molecule has 1 aliphatic rings. The van der Waals surface area contributed by atoms with E-state index in [1.165, 1.54) is 12.1 Å². The molecule has 2 aromatic heterocycles. The number of hydrogen-bond acceptors (Lipinski definition) is 8. The Labute approximate surface area is 213 Å². The summed E-state index contributed by atoms with van der Waals surface area (Å²) in [6.45, 7) is 7.46. The summed E-state index contributed by atoms with van der Waals surface area (Å²) in [7, 11) is 0. The molecule has 190 valence electrons. The van der Waals surface area contributed by atoms with Crippen LogP contribution in [0.5, 0.6) is 0 Å². The number of amides is 1. The van der Waals surface area contributed by atoms with Crippen LogP contribution in [-0.4, -0.2) is 75.0 Å². The summed E-state index contributed by atoms with van der Waals surface area (Å²) in [5.74, 6) is -0.485. The predicted octanol–water partition coefficient (Wildman–Crippen LogP) is 2.94. The topological polar surface area (TPSA) is 111 Å². The zero-order valence-corrected chi connectivity index (χ0v) is 20.1. The highest BCUT2D eigenvalue weighted by Gasteiger charge is 2.18. The number of β-amino-alcohol motifs (C(OH)–C–C–N with tert-alkyl or cyclic N) is 1. The number of rotatable bonds is 8. The Kier molecular flexibility index (Phi) is 7.06. The smallest absolute Gasteiger partial charge is 0.247 e. The number of aromatic nitrogens is 4. The number of carbonyl (C=O) groups is 1. The van der Waals surface area contributed by atoms with Crippen molar-refractivity contribution in [3.8, 4) is 5.69 Å². The third-order valence-corrected chi connectivity index (χ3v) is 6.21. The first-order chi connectivity index (χ1) is 18.0. The van der Waals surface area contributed by atoms with Gasteiger partial charge in [-0.15, -0.1) is 0 Å². The molecule has 0 aliphatic carbocycles.